The van der Waals surface area contributed by atoms with Gasteiger partial charge in [0.1, 0.15) is 11.5 Å². The Kier molecular flexibility index (Phi) is 4.72. The van der Waals surface area contributed by atoms with Gasteiger partial charge in [0.05, 0.1) is 16.3 Å². The molecule has 0 unspecified atom stereocenters. The first-order valence-corrected chi connectivity index (χ1v) is 9.30. The van der Waals surface area contributed by atoms with Crippen LogP contribution in [0.5, 0.6) is 11.5 Å². The molecule has 0 aliphatic carbocycles. The van der Waals surface area contributed by atoms with Gasteiger partial charge < -0.3 is 15.0 Å². The van der Waals surface area contributed by atoms with E-state index in [4.69, 9.17) is 4.74 Å². The summed E-state index contributed by atoms with van der Waals surface area (Å²) in [6.07, 6.45) is 3.56. The molecule has 1 aromatic carbocycles. The topological polar surface area (TPSA) is 67.0 Å². The van der Waals surface area contributed by atoms with Gasteiger partial charge in [0.25, 0.3) is 5.91 Å². The summed E-state index contributed by atoms with van der Waals surface area (Å²) >= 11 is 1.43. The molecule has 3 aromatic heterocycles. The van der Waals surface area contributed by atoms with Crippen LogP contribution in [0.4, 0.5) is 5.69 Å². The summed E-state index contributed by atoms with van der Waals surface area (Å²) in [4.78, 5) is 20.6. The molecule has 0 spiro atoms. The number of nitrogens with one attached hydrogen (secondary N) is 2. The molecule has 0 aliphatic rings. The fraction of sp³-hybridized carbons (Fsp3) is 0.0476. The Bertz CT molecular complexity index is 1070. The third kappa shape index (κ3) is 3.91. The number of ether oxygens (including phenoxy) is 1. The van der Waals surface area contributed by atoms with Crippen molar-refractivity contribution >= 4 is 22.9 Å². The van der Waals surface area contributed by atoms with E-state index in [1.54, 1.807) is 18.3 Å². The fourth-order valence-electron chi connectivity index (χ4n) is 2.68. The molecule has 0 radical (unpaired) electrons. The van der Waals surface area contributed by atoms with Crippen molar-refractivity contribution in [3.05, 3.63) is 82.8 Å². The Morgan fingerprint density at radius 3 is 2.78 bits per heavy atom. The predicted molar refractivity (Wildman–Crippen MR) is 108 cm³/mol. The van der Waals surface area contributed by atoms with E-state index in [9.17, 15) is 4.79 Å². The molecule has 27 heavy (non-hydrogen) atoms. The number of anilines is 1. The highest BCUT2D eigenvalue weighted by Crippen LogP contribution is 2.27. The monoisotopic (exact) mass is 375 g/mol. The lowest BCUT2D eigenvalue weighted by Gasteiger charge is -2.09. The highest BCUT2D eigenvalue weighted by atomic mass is 32.1. The van der Waals surface area contributed by atoms with Gasteiger partial charge in [0, 0.05) is 30.2 Å². The van der Waals surface area contributed by atoms with Crippen molar-refractivity contribution in [2.24, 2.45) is 0 Å². The van der Waals surface area contributed by atoms with Gasteiger partial charge in [0.15, 0.2) is 0 Å². The largest absolute Gasteiger partial charge is 0.457 e. The molecule has 0 atom stereocenters. The van der Waals surface area contributed by atoms with Crippen molar-refractivity contribution in [1.82, 2.24) is 9.97 Å². The van der Waals surface area contributed by atoms with Crippen molar-refractivity contribution in [2.45, 2.75) is 6.92 Å². The zero-order chi connectivity index (χ0) is 18.6. The maximum Gasteiger partial charge on any atom is 0.265 e. The number of thiophene rings is 1. The van der Waals surface area contributed by atoms with Crippen LogP contribution in [0.25, 0.3) is 11.4 Å². The third-order valence-corrected chi connectivity index (χ3v) is 5.02. The Hall–Kier alpha value is -3.38. The molecule has 0 fully saturated rings. The summed E-state index contributed by atoms with van der Waals surface area (Å²) in [6.45, 7) is 1.93. The number of hydrogen-bond acceptors (Lipinski definition) is 4. The molecular formula is C21H17N3O2S. The first-order valence-electron chi connectivity index (χ1n) is 8.42. The number of hydrogen-bond donors (Lipinski definition) is 2. The van der Waals surface area contributed by atoms with Gasteiger partial charge >= 0.3 is 0 Å². The first kappa shape index (κ1) is 17.1. The quantitative estimate of drug-likeness (QED) is 0.484. The molecule has 3 heterocycles. The van der Waals surface area contributed by atoms with E-state index in [2.05, 4.69) is 15.3 Å². The Balaban J connectivity index is 1.51. The standard InChI is InChI=1S/C21H17N3O2S/c1-14-8-11-27-20(14)21(25)24-15-4-2-5-16(12-15)26-17-7-10-23-19(13-17)18-6-3-9-22-18/h2-13,22H,1H3,(H,24,25). The molecule has 134 valence electrons. The molecule has 1 amide bonds. The van der Waals surface area contributed by atoms with Gasteiger partial charge in [-0.2, -0.15) is 0 Å². The maximum atomic E-state index is 12.4. The van der Waals surface area contributed by atoms with Gasteiger partial charge in [-0.3, -0.25) is 9.78 Å². The summed E-state index contributed by atoms with van der Waals surface area (Å²) in [7, 11) is 0. The van der Waals surface area contributed by atoms with Crippen LogP contribution in [-0.4, -0.2) is 15.9 Å². The van der Waals surface area contributed by atoms with Crippen LogP contribution in [0.3, 0.4) is 0 Å². The highest BCUT2D eigenvalue weighted by Gasteiger charge is 2.11. The minimum atomic E-state index is -0.113. The van der Waals surface area contributed by atoms with E-state index >= 15 is 0 Å². The Morgan fingerprint density at radius 2 is 2.00 bits per heavy atom. The summed E-state index contributed by atoms with van der Waals surface area (Å²) in [5, 5.41) is 4.83. The van der Waals surface area contributed by atoms with E-state index in [1.165, 1.54) is 11.3 Å². The van der Waals surface area contributed by atoms with E-state index < -0.39 is 0 Å². The number of rotatable bonds is 5. The van der Waals surface area contributed by atoms with Gasteiger partial charge in [-0.15, -0.1) is 11.3 Å². The average Bonchev–Trinajstić information content (AvgIpc) is 3.34. The molecule has 2 N–H and O–H groups in total. The third-order valence-electron chi connectivity index (χ3n) is 4.00. The van der Waals surface area contributed by atoms with E-state index in [1.807, 2.05) is 61.0 Å². The summed E-state index contributed by atoms with van der Waals surface area (Å²) in [5.74, 6) is 1.20. The number of carbonyl (C=O) groups is 1. The second-order valence-corrected chi connectivity index (χ2v) is 6.89. The van der Waals surface area contributed by atoms with E-state index in [0.29, 0.717) is 22.1 Å². The van der Waals surface area contributed by atoms with Crippen LogP contribution in [0.15, 0.2) is 72.4 Å². The molecule has 4 aromatic rings. The van der Waals surface area contributed by atoms with Crippen LogP contribution in [0.1, 0.15) is 15.2 Å². The number of H-pyrrole nitrogens is 1. The predicted octanol–water partition coefficient (Wildman–Crippen LogP) is 5.49. The highest BCUT2D eigenvalue weighted by molar-refractivity contribution is 7.12. The van der Waals surface area contributed by atoms with Gasteiger partial charge in [-0.05, 0) is 54.3 Å². The van der Waals surface area contributed by atoms with E-state index in [-0.39, 0.29) is 5.91 Å². The number of amides is 1. The number of nitrogens with zero attached hydrogens (tertiary/aromatic N) is 1. The lowest BCUT2D eigenvalue weighted by Crippen LogP contribution is -2.11. The van der Waals surface area contributed by atoms with Crippen molar-refractivity contribution in [3.63, 3.8) is 0 Å². The summed E-state index contributed by atoms with van der Waals surface area (Å²) < 4.78 is 5.95. The van der Waals surface area contributed by atoms with Crippen LogP contribution in [0.2, 0.25) is 0 Å². The molecule has 6 heteroatoms. The van der Waals surface area contributed by atoms with Gasteiger partial charge in [-0.1, -0.05) is 6.07 Å². The Labute approximate surface area is 160 Å². The number of aromatic nitrogens is 2. The number of carbonyl (C=O) groups excluding carboxylic acids is 1. The normalized spacial score (nSPS) is 10.6. The zero-order valence-electron chi connectivity index (χ0n) is 14.6. The number of aromatic amines is 1. The minimum absolute atomic E-state index is 0.113. The zero-order valence-corrected chi connectivity index (χ0v) is 15.4. The molecule has 0 bridgehead atoms. The molecule has 4 rings (SSSR count). The summed E-state index contributed by atoms with van der Waals surface area (Å²) in [6, 6.07) is 16.8. The Morgan fingerprint density at radius 1 is 1.11 bits per heavy atom. The molecule has 0 saturated carbocycles. The smallest absolute Gasteiger partial charge is 0.265 e. The van der Waals surface area contributed by atoms with E-state index in [0.717, 1.165) is 17.0 Å². The number of aryl methyl sites for hydroxylation is 1. The average molecular weight is 375 g/mol. The summed E-state index contributed by atoms with van der Waals surface area (Å²) in [5.41, 5.74) is 3.38. The van der Waals surface area contributed by atoms with Crippen LogP contribution < -0.4 is 10.1 Å². The van der Waals surface area contributed by atoms with Crippen LogP contribution >= 0.6 is 11.3 Å². The second kappa shape index (κ2) is 7.47. The minimum Gasteiger partial charge on any atom is -0.457 e. The molecular weight excluding hydrogens is 358 g/mol. The maximum absolute atomic E-state index is 12.4. The van der Waals surface area contributed by atoms with Crippen molar-refractivity contribution < 1.29 is 9.53 Å². The lowest BCUT2D eigenvalue weighted by atomic mass is 10.2. The van der Waals surface area contributed by atoms with Crippen molar-refractivity contribution in [1.29, 1.82) is 0 Å². The van der Waals surface area contributed by atoms with Crippen molar-refractivity contribution in [2.75, 3.05) is 5.32 Å². The van der Waals surface area contributed by atoms with Gasteiger partial charge in [-0.25, -0.2) is 0 Å². The molecule has 0 saturated heterocycles. The SMILES string of the molecule is Cc1ccsc1C(=O)Nc1cccc(Oc2ccnc(-c3ccc[nH]3)c2)c1. The van der Waals surface area contributed by atoms with Crippen LogP contribution in [-0.2, 0) is 0 Å². The molecule has 0 aliphatic heterocycles. The molecule has 5 nitrogen and oxygen atoms in total. The van der Waals surface area contributed by atoms with Crippen molar-refractivity contribution in [3.8, 4) is 22.9 Å². The van der Waals surface area contributed by atoms with Crippen LogP contribution in [0, 0.1) is 6.92 Å². The lowest BCUT2D eigenvalue weighted by molar-refractivity contribution is 0.103. The number of pyridine rings is 1. The van der Waals surface area contributed by atoms with Gasteiger partial charge in [0.2, 0.25) is 0 Å². The number of benzene rings is 1. The first-order chi connectivity index (χ1) is 13.2. The second-order valence-electron chi connectivity index (χ2n) is 5.98. The fourth-order valence-corrected chi connectivity index (χ4v) is 3.50.